The lowest BCUT2D eigenvalue weighted by atomic mass is 10.2. The predicted molar refractivity (Wildman–Crippen MR) is 91.3 cm³/mol. The fourth-order valence-electron chi connectivity index (χ4n) is 2.78. The molecule has 1 saturated heterocycles. The first-order valence-corrected chi connectivity index (χ1v) is 7.75. The van der Waals surface area contributed by atoms with E-state index in [1.165, 1.54) is 5.69 Å². The molecule has 1 heterocycles. The Hall–Kier alpha value is -2.26. The van der Waals surface area contributed by atoms with Gasteiger partial charge in [0.25, 0.3) is 0 Å². The lowest BCUT2D eigenvalue weighted by Gasteiger charge is -2.39. The molecule has 0 radical (unpaired) electrons. The molecular formula is C19H22N2O. The number of ether oxygens (including phenoxy) is 1. The van der Waals surface area contributed by atoms with E-state index in [-0.39, 0.29) is 6.23 Å². The van der Waals surface area contributed by atoms with Gasteiger partial charge in [-0.1, -0.05) is 43.0 Å². The molecule has 1 unspecified atom stereocenters. The van der Waals surface area contributed by atoms with Gasteiger partial charge < -0.3 is 9.64 Å². The Morgan fingerprint density at radius 3 is 2.05 bits per heavy atom. The van der Waals surface area contributed by atoms with Gasteiger partial charge in [-0.25, -0.2) is 0 Å². The third kappa shape index (κ3) is 3.49. The minimum atomic E-state index is -0.0691. The van der Waals surface area contributed by atoms with Gasteiger partial charge in [-0.3, -0.25) is 4.90 Å². The molecular weight excluding hydrogens is 272 g/mol. The van der Waals surface area contributed by atoms with Crippen LogP contribution in [0.4, 0.5) is 5.69 Å². The molecule has 1 fully saturated rings. The second-order valence-corrected chi connectivity index (χ2v) is 5.42. The molecule has 0 spiro atoms. The molecule has 0 saturated carbocycles. The zero-order chi connectivity index (χ0) is 15.2. The van der Waals surface area contributed by atoms with Crippen LogP contribution >= 0.6 is 0 Å². The molecule has 0 aliphatic carbocycles. The molecule has 22 heavy (non-hydrogen) atoms. The van der Waals surface area contributed by atoms with Gasteiger partial charge in [0.15, 0.2) is 6.23 Å². The Bertz CT molecular complexity index is 577. The quantitative estimate of drug-likeness (QED) is 0.786. The zero-order valence-electron chi connectivity index (χ0n) is 12.8. The van der Waals surface area contributed by atoms with Crippen LogP contribution in [0.25, 0.3) is 0 Å². The van der Waals surface area contributed by atoms with E-state index in [2.05, 4.69) is 46.7 Å². The first-order chi connectivity index (χ1) is 10.9. The Labute approximate surface area is 132 Å². The first kappa shape index (κ1) is 14.7. The van der Waals surface area contributed by atoms with Crippen molar-refractivity contribution in [2.24, 2.45) is 0 Å². The highest BCUT2D eigenvalue weighted by Gasteiger charge is 2.23. The van der Waals surface area contributed by atoms with Gasteiger partial charge in [0.1, 0.15) is 5.75 Å². The number of piperazine rings is 1. The van der Waals surface area contributed by atoms with Gasteiger partial charge in [-0.15, -0.1) is 0 Å². The Balaban J connectivity index is 1.59. The zero-order valence-corrected chi connectivity index (χ0v) is 12.8. The van der Waals surface area contributed by atoms with Gasteiger partial charge >= 0.3 is 0 Å². The normalized spacial score (nSPS) is 17.0. The highest BCUT2D eigenvalue weighted by Crippen LogP contribution is 2.19. The number of hydrogen-bond acceptors (Lipinski definition) is 3. The summed E-state index contributed by atoms with van der Waals surface area (Å²) in [4.78, 5) is 4.75. The van der Waals surface area contributed by atoms with Crippen molar-refractivity contribution in [3.63, 3.8) is 0 Å². The average molecular weight is 294 g/mol. The number of benzene rings is 2. The number of nitrogens with zero attached hydrogens (tertiary/aromatic N) is 2. The fraction of sp³-hybridized carbons (Fsp3) is 0.263. The van der Waals surface area contributed by atoms with Crippen LogP contribution in [0.2, 0.25) is 0 Å². The van der Waals surface area contributed by atoms with Gasteiger partial charge in [0.05, 0.1) is 0 Å². The number of hydrogen-bond donors (Lipinski definition) is 0. The van der Waals surface area contributed by atoms with Crippen molar-refractivity contribution in [1.82, 2.24) is 4.90 Å². The first-order valence-electron chi connectivity index (χ1n) is 7.75. The third-order valence-corrected chi connectivity index (χ3v) is 4.00. The van der Waals surface area contributed by atoms with Gasteiger partial charge in [-0.2, -0.15) is 0 Å². The van der Waals surface area contributed by atoms with E-state index in [1.54, 1.807) is 0 Å². The molecule has 0 amide bonds. The topological polar surface area (TPSA) is 15.7 Å². The second kappa shape index (κ2) is 7.14. The summed E-state index contributed by atoms with van der Waals surface area (Å²) in [7, 11) is 0. The van der Waals surface area contributed by atoms with Crippen molar-refractivity contribution in [2.45, 2.75) is 6.23 Å². The summed E-state index contributed by atoms with van der Waals surface area (Å²) in [5, 5.41) is 0. The monoisotopic (exact) mass is 294 g/mol. The van der Waals surface area contributed by atoms with Gasteiger partial charge in [-0.05, 0) is 30.3 Å². The average Bonchev–Trinajstić information content (AvgIpc) is 2.61. The minimum absolute atomic E-state index is 0.0691. The van der Waals surface area contributed by atoms with Crippen LogP contribution in [0, 0.1) is 0 Å². The van der Waals surface area contributed by atoms with Gasteiger partial charge in [0, 0.05) is 31.9 Å². The molecule has 114 valence electrons. The van der Waals surface area contributed by atoms with Crippen molar-refractivity contribution in [2.75, 3.05) is 31.1 Å². The summed E-state index contributed by atoms with van der Waals surface area (Å²) >= 11 is 0. The number of para-hydroxylation sites is 2. The molecule has 2 aromatic carbocycles. The largest absolute Gasteiger partial charge is 0.472 e. The van der Waals surface area contributed by atoms with Crippen molar-refractivity contribution in [3.05, 3.63) is 73.3 Å². The molecule has 3 rings (SSSR count). The van der Waals surface area contributed by atoms with E-state index >= 15 is 0 Å². The molecule has 0 N–H and O–H groups in total. The van der Waals surface area contributed by atoms with E-state index < -0.39 is 0 Å². The van der Waals surface area contributed by atoms with E-state index in [4.69, 9.17) is 4.74 Å². The van der Waals surface area contributed by atoms with Crippen molar-refractivity contribution >= 4 is 5.69 Å². The second-order valence-electron chi connectivity index (χ2n) is 5.42. The standard InChI is InChI=1S/C19H22N2O/c1-2-19(22-18-11-7-4-8-12-18)21-15-13-20(14-16-21)17-9-5-3-6-10-17/h2-12,19H,1,13-16H2. The molecule has 3 nitrogen and oxygen atoms in total. The minimum Gasteiger partial charge on any atom is -0.472 e. The number of rotatable bonds is 5. The summed E-state index contributed by atoms with van der Waals surface area (Å²) in [6.07, 6.45) is 1.81. The third-order valence-electron chi connectivity index (χ3n) is 4.00. The summed E-state index contributed by atoms with van der Waals surface area (Å²) in [5.41, 5.74) is 1.29. The van der Waals surface area contributed by atoms with E-state index in [0.717, 1.165) is 31.9 Å². The van der Waals surface area contributed by atoms with Crippen molar-refractivity contribution < 1.29 is 4.74 Å². The highest BCUT2D eigenvalue weighted by molar-refractivity contribution is 5.46. The van der Waals surface area contributed by atoms with Crippen LogP contribution in [0.5, 0.6) is 5.75 Å². The molecule has 0 aromatic heterocycles. The van der Waals surface area contributed by atoms with Crippen LogP contribution in [0.15, 0.2) is 73.3 Å². The van der Waals surface area contributed by atoms with Crippen LogP contribution < -0.4 is 9.64 Å². The predicted octanol–water partition coefficient (Wildman–Crippen LogP) is 3.40. The smallest absolute Gasteiger partial charge is 0.171 e. The van der Waals surface area contributed by atoms with Crippen LogP contribution in [-0.2, 0) is 0 Å². The summed E-state index contributed by atoms with van der Waals surface area (Å²) in [6.45, 7) is 7.88. The maximum atomic E-state index is 6.03. The molecule has 1 atom stereocenters. The van der Waals surface area contributed by atoms with Gasteiger partial charge in [0.2, 0.25) is 0 Å². The van der Waals surface area contributed by atoms with E-state index in [1.807, 2.05) is 36.4 Å². The molecule has 2 aromatic rings. The Kier molecular flexibility index (Phi) is 4.76. The Morgan fingerprint density at radius 2 is 1.45 bits per heavy atom. The van der Waals surface area contributed by atoms with Crippen LogP contribution in [-0.4, -0.2) is 37.3 Å². The SMILES string of the molecule is C=CC(Oc1ccccc1)N1CCN(c2ccccc2)CC1. The lowest BCUT2D eigenvalue weighted by molar-refractivity contribution is 0.0580. The fourth-order valence-corrected chi connectivity index (χ4v) is 2.78. The maximum Gasteiger partial charge on any atom is 0.171 e. The highest BCUT2D eigenvalue weighted by atomic mass is 16.5. The van der Waals surface area contributed by atoms with Crippen molar-refractivity contribution in [3.8, 4) is 5.75 Å². The van der Waals surface area contributed by atoms with Crippen molar-refractivity contribution in [1.29, 1.82) is 0 Å². The molecule has 3 heteroatoms. The van der Waals surface area contributed by atoms with E-state index in [9.17, 15) is 0 Å². The molecule has 1 aliphatic rings. The lowest BCUT2D eigenvalue weighted by Crippen LogP contribution is -2.51. The maximum absolute atomic E-state index is 6.03. The molecule has 1 aliphatic heterocycles. The van der Waals surface area contributed by atoms with E-state index in [0.29, 0.717) is 0 Å². The molecule has 0 bridgehead atoms. The number of anilines is 1. The Morgan fingerprint density at radius 1 is 0.864 bits per heavy atom. The summed E-state index contributed by atoms with van der Waals surface area (Å²) in [5.74, 6) is 0.887. The van der Waals surface area contributed by atoms with Crippen LogP contribution in [0.3, 0.4) is 0 Å². The summed E-state index contributed by atoms with van der Waals surface area (Å²) < 4.78 is 6.03. The van der Waals surface area contributed by atoms with Crippen LogP contribution in [0.1, 0.15) is 0 Å². The summed E-state index contributed by atoms with van der Waals surface area (Å²) in [6, 6.07) is 20.5.